The summed E-state index contributed by atoms with van der Waals surface area (Å²) in [4.78, 5) is 16.8. The van der Waals surface area contributed by atoms with Crippen molar-refractivity contribution >= 4 is 17.5 Å². The lowest BCUT2D eigenvalue weighted by molar-refractivity contribution is 0.0696. The number of nitrogens with zero attached hydrogens (tertiary/aromatic N) is 2. The van der Waals surface area contributed by atoms with Gasteiger partial charge in [0.15, 0.2) is 5.82 Å². The number of nitrogens with two attached hydrogens (primary N) is 1. The molecule has 0 radical (unpaired) electrons. The SMILES string of the molecule is Nc1cc(C(=O)O)cnc1N1CCC(O)CC1. The number of hydrogen-bond acceptors (Lipinski definition) is 5. The molecule has 1 aromatic heterocycles. The lowest BCUT2D eigenvalue weighted by Gasteiger charge is -2.31. The molecule has 6 nitrogen and oxygen atoms in total. The smallest absolute Gasteiger partial charge is 0.337 e. The minimum Gasteiger partial charge on any atom is -0.478 e. The number of carboxylic acids is 1. The standard InChI is InChI=1S/C11H15N3O3/c12-9-5-7(11(16)17)6-13-10(9)14-3-1-8(15)2-4-14/h5-6,8,15H,1-4,12H2,(H,16,17). The number of carboxylic acid groups (broad SMARTS) is 1. The highest BCUT2D eigenvalue weighted by atomic mass is 16.4. The van der Waals surface area contributed by atoms with Gasteiger partial charge in [0.25, 0.3) is 0 Å². The summed E-state index contributed by atoms with van der Waals surface area (Å²) >= 11 is 0. The van der Waals surface area contributed by atoms with Crippen molar-refractivity contribution in [3.63, 3.8) is 0 Å². The predicted molar refractivity (Wildman–Crippen MR) is 63.1 cm³/mol. The monoisotopic (exact) mass is 237 g/mol. The molecule has 92 valence electrons. The molecule has 0 bridgehead atoms. The van der Waals surface area contributed by atoms with Crippen molar-refractivity contribution in [3.8, 4) is 0 Å². The van der Waals surface area contributed by atoms with E-state index in [1.54, 1.807) is 0 Å². The minimum atomic E-state index is -1.04. The van der Waals surface area contributed by atoms with Crippen molar-refractivity contribution in [3.05, 3.63) is 17.8 Å². The summed E-state index contributed by atoms with van der Waals surface area (Å²) < 4.78 is 0. The number of aliphatic hydroxyl groups is 1. The first-order chi connectivity index (χ1) is 8.08. The highest BCUT2D eigenvalue weighted by Gasteiger charge is 2.20. The highest BCUT2D eigenvalue weighted by molar-refractivity contribution is 5.89. The summed E-state index contributed by atoms with van der Waals surface area (Å²) in [6.45, 7) is 1.37. The number of nitrogen functional groups attached to an aromatic ring is 1. The van der Waals surface area contributed by atoms with E-state index in [9.17, 15) is 9.90 Å². The fraction of sp³-hybridized carbons (Fsp3) is 0.455. The van der Waals surface area contributed by atoms with Gasteiger partial charge in [-0.05, 0) is 18.9 Å². The quantitative estimate of drug-likeness (QED) is 0.685. The molecule has 0 unspecified atom stereocenters. The van der Waals surface area contributed by atoms with E-state index in [1.807, 2.05) is 4.90 Å². The van der Waals surface area contributed by atoms with Crippen molar-refractivity contribution < 1.29 is 15.0 Å². The summed E-state index contributed by atoms with van der Waals surface area (Å²) in [7, 11) is 0. The zero-order valence-corrected chi connectivity index (χ0v) is 9.33. The molecule has 6 heteroatoms. The maximum absolute atomic E-state index is 10.7. The molecular weight excluding hydrogens is 222 g/mol. The molecule has 17 heavy (non-hydrogen) atoms. The molecule has 0 aliphatic carbocycles. The molecule has 0 atom stereocenters. The van der Waals surface area contributed by atoms with Gasteiger partial charge in [-0.15, -0.1) is 0 Å². The number of aliphatic hydroxyl groups excluding tert-OH is 1. The average molecular weight is 237 g/mol. The first kappa shape index (κ1) is 11.7. The molecule has 1 aromatic rings. The van der Waals surface area contributed by atoms with Gasteiger partial charge in [0, 0.05) is 19.3 Å². The molecule has 1 fully saturated rings. The van der Waals surface area contributed by atoms with Crippen LogP contribution in [-0.2, 0) is 0 Å². The van der Waals surface area contributed by atoms with Crippen LogP contribution in [0, 0.1) is 0 Å². The Morgan fingerprint density at radius 3 is 2.65 bits per heavy atom. The number of hydrogen-bond donors (Lipinski definition) is 3. The summed E-state index contributed by atoms with van der Waals surface area (Å²) in [6, 6.07) is 1.41. The second-order valence-corrected chi connectivity index (χ2v) is 4.16. The van der Waals surface area contributed by atoms with Crippen molar-refractivity contribution in [1.29, 1.82) is 0 Å². The van der Waals surface area contributed by atoms with Gasteiger partial charge in [0.05, 0.1) is 17.4 Å². The first-order valence-electron chi connectivity index (χ1n) is 5.49. The van der Waals surface area contributed by atoms with Crippen LogP contribution in [0.1, 0.15) is 23.2 Å². The largest absolute Gasteiger partial charge is 0.478 e. The third kappa shape index (κ3) is 2.47. The molecule has 0 aromatic carbocycles. The van der Waals surface area contributed by atoms with Crippen LogP contribution in [0.25, 0.3) is 0 Å². The zero-order chi connectivity index (χ0) is 12.4. The van der Waals surface area contributed by atoms with E-state index < -0.39 is 5.97 Å². The molecule has 0 spiro atoms. The summed E-state index contributed by atoms with van der Waals surface area (Å²) in [6.07, 6.45) is 2.41. The molecule has 1 saturated heterocycles. The molecule has 0 amide bonds. The minimum absolute atomic E-state index is 0.0864. The summed E-state index contributed by atoms with van der Waals surface area (Å²) in [5.41, 5.74) is 6.24. The summed E-state index contributed by atoms with van der Waals surface area (Å²) in [5, 5.41) is 18.2. The Hall–Kier alpha value is -1.82. The average Bonchev–Trinajstić information content (AvgIpc) is 2.30. The van der Waals surface area contributed by atoms with E-state index in [0.29, 0.717) is 37.4 Å². The maximum Gasteiger partial charge on any atom is 0.337 e. The Kier molecular flexibility index (Phi) is 3.14. The van der Waals surface area contributed by atoms with E-state index in [-0.39, 0.29) is 11.7 Å². The highest BCUT2D eigenvalue weighted by Crippen LogP contribution is 2.24. The Labute approximate surface area is 98.7 Å². The molecule has 2 rings (SSSR count). The Balaban J connectivity index is 2.19. The lowest BCUT2D eigenvalue weighted by Crippen LogP contribution is -2.36. The van der Waals surface area contributed by atoms with Crippen molar-refractivity contribution in [2.24, 2.45) is 0 Å². The number of rotatable bonds is 2. The number of anilines is 2. The van der Waals surface area contributed by atoms with Gasteiger partial charge in [-0.3, -0.25) is 0 Å². The summed E-state index contributed by atoms with van der Waals surface area (Å²) in [5.74, 6) is -0.438. The predicted octanol–water partition coefficient (Wildman–Crippen LogP) is 0.323. The van der Waals surface area contributed by atoms with Gasteiger partial charge in [-0.1, -0.05) is 0 Å². The molecule has 0 saturated carbocycles. The van der Waals surface area contributed by atoms with Crippen molar-refractivity contribution in [2.45, 2.75) is 18.9 Å². The fourth-order valence-electron chi connectivity index (χ4n) is 1.93. The van der Waals surface area contributed by atoms with Gasteiger partial charge >= 0.3 is 5.97 Å². The number of piperidine rings is 1. The van der Waals surface area contributed by atoms with Gasteiger partial charge < -0.3 is 20.8 Å². The molecule has 1 aliphatic rings. The Morgan fingerprint density at radius 2 is 2.12 bits per heavy atom. The number of aromatic carboxylic acids is 1. The van der Waals surface area contributed by atoms with Gasteiger partial charge in [0.1, 0.15) is 0 Å². The van der Waals surface area contributed by atoms with E-state index in [2.05, 4.69) is 4.98 Å². The maximum atomic E-state index is 10.7. The normalized spacial score (nSPS) is 17.1. The van der Waals surface area contributed by atoms with Crippen LogP contribution >= 0.6 is 0 Å². The van der Waals surface area contributed by atoms with Crippen molar-refractivity contribution in [1.82, 2.24) is 4.98 Å². The van der Waals surface area contributed by atoms with E-state index in [0.717, 1.165) is 0 Å². The molecule has 1 aliphatic heterocycles. The topological polar surface area (TPSA) is 99.7 Å². The fourth-order valence-corrected chi connectivity index (χ4v) is 1.93. The Morgan fingerprint density at radius 1 is 1.47 bits per heavy atom. The molecule has 2 heterocycles. The first-order valence-corrected chi connectivity index (χ1v) is 5.49. The third-order valence-corrected chi connectivity index (χ3v) is 2.91. The number of aromatic nitrogens is 1. The van der Waals surface area contributed by atoms with E-state index in [4.69, 9.17) is 10.8 Å². The zero-order valence-electron chi connectivity index (χ0n) is 9.33. The van der Waals surface area contributed by atoms with E-state index >= 15 is 0 Å². The van der Waals surface area contributed by atoms with Gasteiger partial charge in [-0.2, -0.15) is 0 Å². The second-order valence-electron chi connectivity index (χ2n) is 4.16. The van der Waals surface area contributed by atoms with Crippen LogP contribution in [0.4, 0.5) is 11.5 Å². The lowest BCUT2D eigenvalue weighted by atomic mass is 10.1. The third-order valence-electron chi connectivity index (χ3n) is 2.91. The van der Waals surface area contributed by atoms with E-state index in [1.165, 1.54) is 12.3 Å². The second kappa shape index (κ2) is 4.58. The van der Waals surface area contributed by atoms with Crippen LogP contribution in [0.3, 0.4) is 0 Å². The van der Waals surface area contributed by atoms with Crippen LogP contribution in [0.5, 0.6) is 0 Å². The van der Waals surface area contributed by atoms with Crippen LogP contribution in [0.15, 0.2) is 12.3 Å². The van der Waals surface area contributed by atoms with Crippen LogP contribution in [-0.4, -0.2) is 40.4 Å². The van der Waals surface area contributed by atoms with Crippen LogP contribution in [0.2, 0.25) is 0 Å². The van der Waals surface area contributed by atoms with Crippen LogP contribution < -0.4 is 10.6 Å². The van der Waals surface area contributed by atoms with Gasteiger partial charge in [-0.25, -0.2) is 9.78 Å². The molecule has 4 N–H and O–H groups in total. The van der Waals surface area contributed by atoms with Crippen molar-refractivity contribution in [2.75, 3.05) is 23.7 Å². The Bertz CT molecular complexity index is 428. The number of carbonyl (C=O) groups is 1. The van der Waals surface area contributed by atoms with Gasteiger partial charge in [0.2, 0.25) is 0 Å². The molecular formula is C11H15N3O3. The number of pyridine rings is 1.